The molecule has 0 saturated carbocycles. The maximum Gasteiger partial charge on any atom is 0.0526 e. The van der Waals surface area contributed by atoms with Crippen molar-refractivity contribution in [3.8, 4) is 0 Å². The second kappa shape index (κ2) is 7.10. The van der Waals surface area contributed by atoms with Crippen LogP contribution < -0.4 is 11.1 Å². The molecule has 1 aromatic carbocycles. The van der Waals surface area contributed by atoms with Gasteiger partial charge in [-0.3, -0.25) is 0 Å². The SMILES string of the molecule is Cc1cc(Cl)ccc1C(CN)NC(C)CC(C)O. The van der Waals surface area contributed by atoms with E-state index in [1.54, 1.807) is 6.92 Å². The summed E-state index contributed by atoms with van der Waals surface area (Å²) in [5.41, 5.74) is 8.13. The Morgan fingerprint density at radius 3 is 2.56 bits per heavy atom. The van der Waals surface area contributed by atoms with Crippen LogP contribution in [0, 0.1) is 6.92 Å². The zero-order chi connectivity index (χ0) is 13.7. The van der Waals surface area contributed by atoms with Gasteiger partial charge in [-0.15, -0.1) is 0 Å². The number of hydrogen-bond acceptors (Lipinski definition) is 3. The van der Waals surface area contributed by atoms with Crippen LogP contribution in [0.5, 0.6) is 0 Å². The normalized spacial score (nSPS) is 16.3. The quantitative estimate of drug-likeness (QED) is 0.744. The van der Waals surface area contributed by atoms with E-state index in [1.165, 1.54) is 5.56 Å². The summed E-state index contributed by atoms with van der Waals surface area (Å²) in [5, 5.41) is 13.6. The first-order valence-corrected chi connectivity index (χ1v) is 6.72. The van der Waals surface area contributed by atoms with Gasteiger partial charge in [0.05, 0.1) is 6.10 Å². The fourth-order valence-corrected chi connectivity index (χ4v) is 2.46. The standard InChI is InChI=1S/C14H23ClN2O/c1-9-6-12(15)4-5-13(9)14(8-16)17-10(2)7-11(3)18/h4-6,10-11,14,17-18H,7-8,16H2,1-3H3. The highest BCUT2D eigenvalue weighted by molar-refractivity contribution is 6.30. The van der Waals surface area contributed by atoms with Crippen LogP contribution in [0.15, 0.2) is 18.2 Å². The molecule has 18 heavy (non-hydrogen) atoms. The zero-order valence-corrected chi connectivity index (χ0v) is 12.0. The molecule has 0 spiro atoms. The Balaban J connectivity index is 2.76. The van der Waals surface area contributed by atoms with Crippen LogP contribution in [0.3, 0.4) is 0 Å². The monoisotopic (exact) mass is 270 g/mol. The second-order valence-corrected chi connectivity index (χ2v) is 5.38. The van der Waals surface area contributed by atoms with Crippen LogP contribution in [0.1, 0.15) is 37.4 Å². The van der Waals surface area contributed by atoms with E-state index >= 15 is 0 Å². The average Bonchev–Trinajstić information content (AvgIpc) is 2.25. The largest absolute Gasteiger partial charge is 0.393 e. The van der Waals surface area contributed by atoms with Gasteiger partial charge in [0.25, 0.3) is 0 Å². The third-order valence-corrected chi connectivity index (χ3v) is 3.26. The number of benzene rings is 1. The van der Waals surface area contributed by atoms with E-state index in [0.29, 0.717) is 13.0 Å². The Labute approximate surface area is 114 Å². The third kappa shape index (κ3) is 4.58. The molecule has 0 aliphatic heterocycles. The summed E-state index contributed by atoms with van der Waals surface area (Å²) in [7, 11) is 0. The van der Waals surface area contributed by atoms with Gasteiger partial charge in [0.2, 0.25) is 0 Å². The molecule has 102 valence electrons. The van der Waals surface area contributed by atoms with E-state index in [0.717, 1.165) is 10.6 Å². The van der Waals surface area contributed by atoms with Gasteiger partial charge in [-0.2, -0.15) is 0 Å². The van der Waals surface area contributed by atoms with Crippen LogP contribution >= 0.6 is 11.6 Å². The van der Waals surface area contributed by atoms with Crippen molar-refractivity contribution in [2.45, 2.75) is 45.4 Å². The van der Waals surface area contributed by atoms with Crippen LogP contribution in [-0.4, -0.2) is 23.8 Å². The zero-order valence-electron chi connectivity index (χ0n) is 11.3. The summed E-state index contributed by atoms with van der Waals surface area (Å²) in [6.07, 6.45) is 0.403. The third-order valence-electron chi connectivity index (χ3n) is 3.02. The van der Waals surface area contributed by atoms with Crippen LogP contribution in [0.4, 0.5) is 0 Å². The first-order chi connectivity index (χ1) is 8.43. The number of aliphatic hydroxyl groups is 1. The van der Waals surface area contributed by atoms with E-state index < -0.39 is 0 Å². The molecule has 0 bridgehead atoms. The minimum Gasteiger partial charge on any atom is -0.393 e. The van der Waals surface area contributed by atoms with Gasteiger partial charge < -0.3 is 16.2 Å². The van der Waals surface area contributed by atoms with Gasteiger partial charge in [-0.05, 0) is 50.5 Å². The topological polar surface area (TPSA) is 58.3 Å². The molecule has 0 aliphatic rings. The lowest BCUT2D eigenvalue weighted by molar-refractivity contribution is 0.168. The summed E-state index contributed by atoms with van der Waals surface area (Å²) >= 11 is 5.95. The number of nitrogens with two attached hydrogens (primary N) is 1. The average molecular weight is 271 g/mol. The van der Waals surface area contributed by atoms with Crippen LogP contribution in [0.25, 0.3) is 0 Å². The molecule has 4 N–H and O–H groups in total. The molecule has 0 heterocycles. The van der Waals surface area contributed by atoms with Crippen molar-refractivity contribution in [3.05, 3.63) is 34.3 Å². The molecule has 4 heteroatoms. The van der Waals surface area contributed by atoms with Gasteiger partial charge in [0.1, 0.15) is 0 Å². The predicted molar refractivity (Wildman–Crippen MR) is 76.9 cm³/mol. The summed E-state index contributed by atoms with van der Waals surface area (Å²) < 4.78 is 0. The van der Waals surface area contributed by atoms with Crippen molar-refractivity contribution < 1.29 is 5.11 Å². The van der Waals surface area contributed by atoms with Crippen LogP contribution in [-0.2, 0) is 0 Å². The first kappa shape index (κ1) is 15.4. The molecule has 3 nitrogen and oxygen atoms in total. The van der Waals surface area contributed by atoms with E-state index in [4.69, 9.17) is 17.3 Å². The molecule has 0 aromatic heterocycles. The lowest BCUT2D eigenvalue weighted by atomic mass is 10.00. The summed E-state index contributed by atoms with van der Waals surface area (Å²) in [6.45, 7) is 6.40. The van der Waals surface area contributed by atoms with Crippen molar-refractivity contribution in [2.24, 2.45) is 5.73 Å². The second-order valence-electron chi connectivity index (χ2n) is 4.94. The highest BCUT2D eigenvalue weighted by atomic mass is 35.5. The maximum absolute atomic E-state index is 9.38. The summed E-state index contributed by atoms with van der Waals surface area (Å²) in [5.74, 6) is 0. The number of aryl methyl sites for hydroxylation is 1. The Hall–Kier alpha value is -0.610. The summed E-state index contributed by atoms with van der Waals surface area (Å²) in [6, 6.07) is 6.15. The maximum atomic E-state index is 9.38. The minimum absolute atomic E-state index is 0.0935. The first-order valence-electron chi connectivity index (χ1n) is 6.34. The number of hydrogen-bond donors (Lipinski definition) is 3. The Morgan fingerprint density at radius 2 is 2.06 bits per heavy atom. The number of rotatable bonds is 6. The number of halogens is 1. The highest BCUT2D eigenvalue weighted by Crippen LogP contribution is 2.21. The highest BCUT2D eigenvalue weighted by Gasteiger charge is 2.15. The van der Waals surface area contributed by atoms with Crippen molar-refractivity contribution in [1.82, 2.24) is 5.32 Å². The fraction of sp³-hybridized carbons (Fsp3) is 0.571. The van der Waals surface area contributed by atoms with Crippen molar-refractivity contribution in [1.29, 1.82) is 0 Å². The molecular weight excluding hydrogens is 248 g/mol. The van der Waals surface area contributed by atoms with E-state index in [2.05, 4.69) is 12.2 Å². The Morgan fingerprint density at radius 1 is 1.39 bits per heavy atom. The molecule has 0 amide bonds. The lowest BCUT2D eigenvalue weighted by Crippen LogP contribution is -2.36. The van der Waals surface area contributed by atoms with Crippen molar-refractivity contribution in [3.63, 3.8) is 0 Å². The van der Waals surface area contributed by atoms with E-state index in [1.807, 2.05) is 25.1 Å². The Kier molecular flexibility index (Phi) is 6.09. The molecule has 0 radical (unpaired) electrons. The lowest BCUT2D eigenvalue weighted by Gasteiger charge is -2.24. The molecule has 0 saturated heterocycles. The van der Waals surface area contributed by atoms with Crippen LogP contribution in [0.2, 0.25) is 5.02 Å². The fourth-order valence-electron chi connectivity index (χ4n) is 2.24. The minimum atomic E-state index is -0.308. The van der Waals surface area contributed by atoms with Crippen molar-refractivity contribution in [2.75, 3.05) is 6.54 Å². The molecule has 3 atom stereocenters. The molecular formula is C14H23ClN2O. The number of aliphatic hydroxyl groups excluding tert-OH is 1. The molecule has 1 rings (SSSR count). The van der Waals surface area contributed by atoms with Gasteiger partial charge in [-0.1, -0.05) is 17.7 Å². The van der Waals surface area contributed by atoms with E-state index in [-0.39, 0.29) is 18.2 Å². The van der Waals surface area contributed by atoms with Crippen molar-refractivity contribution >= 4 is 11.6 Å². The predicted octanol–water partition coefficient (Wildman–Crippen LogP) is 2.40. The smallest absolute Gasteiger partial charge is 0.0526 e. The number of nitrogens with one attached hydrogen (secondary N) is 1. The van der Waals surface area contributed by atoms with E-state index in [9.17, 15) is 5.11 Å². The molecule has 0 aliphatic carbocycles. The van der Waals surface area contributed by atoms with Gasteiger partial charge in [-0.25, -0.2) is 0 Å². The molecule has 3 unspecified atom stereocenters. The van der Waals surface area contributed by atoms with Gasteiger partial charge in [0.15, 0.2) is 0 Å². The molecule has 0 fully saturated rings. The molecule has 1 aromatic rings. The Bertz CT molecular complexity index is 382. The van der Waals surface area contributed by atoms with Gasteiger partial charge >= 0.3 is 0 Å². The summed E-state index contributed by atoms with van der Waals surface area (Å²) in [4.78, 5) is 0. The van der Waals surface area contributed by atoms with Gasteiger partial charge in [0, 0.05) is 23.7 Å².